The van der Waals surface area contributed by atoms with Gasteiger partial charge in [-0.25, -0.2) is 9.78 Å². The lowest BCUT2D eigenvalue weighted by atomic mass is 9.99. The van der Waals surface area contributed by atoms with Gasteiger partial charge < -0.3 is 26.1 Å². The van der Waals surface area contributed by atoms with E-state index in [0.717, 1.165) is 37.3 Å². The van der Waals surface area contributed by atoms with Gasteiger partial charge in [-0.1, -0.05) is 6.07 Å². The molecule has 5 N–H and O–H groups in total. The maximum atomic E-state index is 11.1. The molecule has 1 fully saturated rings. The van der Waals surface area contributed by atoms with E-state index in [0.29, 0.717) is 30.3 Å². The number of benzene rings is 1. The molecule has 1 atom stereocenters. The van der Waals surface area contributed by atoms with E-state index in [2.05, 4.69) is 9.88 Å². The van der Waals surface area contributed by atoms with Crippen LogP contribution in [0.5, 0.6) is 5.75 Å². The molecule has 22 heavy (non-hydrogen) atoms. The highest BCUT2D eigenvalue weighted by Crippen LogP contribution is 2.31. The molecule has 1 unspecified atom stereocenters. The molecule has 3 rings (SSSR count). The molecule has 118 valence electrons. The number of piperidine rings is 1. The average Bonchev–Trinajstić information content (AvgIpc) is 2.88. The first kappa shape index (κ1) is 14.8. The minimum atomic E-state index is -0.832. The number of carbonyl (C=O) groups excluding carboxylic acids is 1. The van der Waals surface area contributed by atoms with Crippen LogP contribution in [-0.4, -0.2) is 35.3 Å². The monoisotopic (exact) mass is 303 g/mol. The van der Waals surface area contributed by atoms with Crippen LogP contribution in [0.2, 0.25) is 0 Å². The lowest BCUT2D eigenvalue weighted by Gasteiger charge is -2.23. The van der Waals surface area contributed by atoms with Crippen molar-refractivity contribution in [1.29, 1.82) is 0 Å². The number of hydrogen-bond donors (Lipinski definition) is 3. The summed E-state index contributed by atoms with van der Waals surface area (Å²) in [5, 5.41) is 3.40. The molecule has 7 heteroatoms. The number of imidazole rings is 1. The molecular weight excluding hydrogens is 282 g/mol. The molecule has 1 aliphatic heterocycles. The van der Waals surface area contributed by atoms with Crippen molar-refractivity contribution in [2.24, 2.45) is 11.5 Å². The summed E-state index contributed by atoms with van der Waals surface area (Å²) in [4.78, 5) is 15.8. The normalized spacial score (nSPS) is 18.5. The SMILES string of the molecule is NCCn1c(C2CCCNC2)nc2c(OC(N)=O)cccc21. The molecule has 7 nitrogen and oxygen atoms in total. The largest absolute Gasteiger partial charge is 0.410 e. The van der Waals surface area contributed by atoms with Crippen molar-refractivity contribution in [3.8, 4) is 5.75 Å². The fourth-order valence-electron chi connectivity index (χ4n) is 3.08. The Morgan fingerprint density at radius 3 is 3.05 bits per heavy atom. The molecule has 0 saturated carbocycles. The van der Waals surface area contributed by atoms with Crippen LogP contribution in [-0.2, 0) is 6.54 Å². The van der Waals surface area contributed by atoms with Crippen LogP contribution >= 0.6 is 0 Å². The number of primary amides is 1. The van der Waals surface area contributed by atoms with E-state index in [1.807, 2.05) is 12.1 Å². The van der Waals surface area contributed by atoms with Crippen molar-refractivity contribution in [2.75, 3.05) is 19.6 Å². The number of nitrogens with two attached hydrogens (primary N) is 2. The molecule has 0 radical (unpaired) electrons. The second kappa shape index (κ2) is 6.33. The Bertz CT molecular complexity index is 676. The molecule has 0 bridgehead atoms. The number of para-hydroxylation sites is 1. The summed E-state index contributed by atoms with van der Waals surface area (Å²) >= 11 is 0. The van der Waals surface area contributed by atoms with Gasteiger partial charge in [-0.05, 0) is 31.5 Å². The van der Waals surface area contributed by atoms with Gasteiger partial charge in [0.2, 0.25) is 0 Å². The number of fused-ring (bicyclic) bond motifs is 1. The van der Waals surface area contributed by atoms with Gasteiger partial charge >= 0.3 is 6.09 Å². The zero-order valence-corrected chi connectivity index (χ0v) is 12.4. The van der Waals surface area contributed by atoms with Crippen molar-refractivity contribution < 1.29 is 9.53 Å². The first-order valence-corrected chi connectivity index (χ1v) is 7.58. The highest BCUT2D eigenvalue weighted by atomic mass is 16.5. The van der Waals surface area contributed by atoms with E-state index >= 15 is 0 Å². The molecule has 1 aromatic carbocycles. The van der Waals surface area contributed by atoms with Gasteiger partial charge in [0.15, 0.2) is 5.75 Å². The van der Waals surface area contributed by atoms with E-state index in [1.165, 1.54) is 0 Å². The van der Waals surface area contributed by atoms with Crippen LogP contribution < -0.4 is 21.5 Å². The highest BCUT2D eigenvalue weighted by Gasteiger charge is 2.23. The third-order valence-corrected chi connectivity index (χ3v) is 4.00. The predicted molar refractivity (Wildman–Crippen MR) is 83.8 cm³/mol. The zero-order valence-electron chi connectivity index (χ0n) is 12.4. The van der Waals surface area contributed by atoms with E-state index in [-0.39, 0.29) is 0 Å². The Kier molecular flexibility index (Phi) is 4.26. The fraction of sp³-hybridized carbons (Fsp3) is 0.467. The van der Waals surface area contributed by atoms with Crippen molar-refractivity contribution in [2.45, 2.75) is 25.3 Å². The minimum Gasteiger partial charge on any atom is -0.408 e. The number of hydrogen-bond acceptors (Lipinski definition) is 5. The highest BCUT2D eigenvalue weighted by molar-refractivity contribution is 5.85. The second-order valence-electron chi connectivity index (χ2n) is 5.50. The molecule has 0 spiro atoms. The van der Waals surface area contributed by atoms with Crippen molar-refractivity contribution >= 4 is 17.1 Å². The summed E-state index contributed by atoms with van der Waals surface area (Å²) in [6, 6.07) is 5.50. The first-order valence-electron chi connectivity index (χ1n) is 7.58. The van der Waals surface area contributed by atoms with Crippen LogP contribution in [0.25, 0.3) is 11.0 Å². The van der Waals surface area contributed by atoms with Gasteiger partial charge in [-0.15, -0.1) is 0 Å². The maximum Gasteiger partial charge on any atom is 0.410 e. The molecular formula is C15H21N5O2. The topological polar surface area (TPSA) is 108 Å². The molecule has 0 aliphatic carbocycles. The number of aromatic nitrogens is 2. The number of ether oxygens (including phenoxy) is 1. The second-order valence-corrected chi connectivity index (χ2v) is 5.50. The van der Waals surface area contributed by atoms with Crippen LogP contribution in [0, 0.1) is 0 Å². The van der Waals surface area contributed by atoms with E-state index < -0.39 is 6.09 Å². The van der Waals surface area contributed by atoms with Gasteiger partial charge in [0, 0.05) is 25.6 Å². The molecule has 1 aliphatic rings. The molecule has 1 saturated heterocycles. The van der Waals surface area contributed by atoms with Crippen LogP contribution in [0.3, 0.4) is 0 Å². The van der Waals surface area contributed by atoms with Crippen LogP contribution in [0.1, 0.15) is 24.6 Å². The Hall–Kier alpha value is -2.12. The first-order chi connectivity index (χ1) is 10.7. The predicted octanol–water partition coefficient (Wildman–Crippen LogP) is 0.919. The Morgan fingerprint density at radius 2 is 2.36 bits per heavy atom. The third kappa shape index (κ3) is 2.77. The smallest absolute Gasteiger partial charge is 0.408 e. The number of nitrogens with zero attached hydrogens (tertiary/aromatic N) is 2. The molecule has 2 aromatic rings. The van der Waals surface area contributed by atoms with Gasteiger partial charge in [-0.3, -0.25) is 0 Å². The average molecular weight is 303 g/mol. The minimum absolute atomic E-state index is 0.342. The van der Waals surface area contributed by atoms with Crippen LogP contribution in [0.4, 0.5) is 4.79 Å². The zero-order chi connectivity index (χ0) is 15.5. The fourth-order valence-corrected chi connectivity index (χ4v) is 3.08. The molecule has 1 amide bonds. The lowest BCUT2D eigenvalue weighted by molar-refractivity contribution is 0.211. The van der Waals surface area contributed by atoms with Crippen LogP contribution in [0.15, 0.2) is 18.2 Å². The van der Waals surface area contributed by atoms with Gasteiger partial charge in [0.05, 0.1) is 5.52 Å². The summed E-state index contributed by atoms with van der Waals surface area (Å²) in [7, 11) is 0. The van der Waals surface area contributed by atoms with E-state index in [4.69, 9.17) is 21.2 Å². The van der Waals surface area contributed by atoms with Gasteiger partial charge in [0.25, 0.3) is 0 Å². The molecule has 2 heterocycles. The van der Waals surface area contributed by atoms with Gasteiger partial charge in [0.1, 0.15) is 11.3 Å². The van der Waals surface area contributed by atoms with E-state index in [9.17, 15) is 4.79 Å². The Morgan fingerprint density at radius 1 is 1.50 bits per heavy atom. The number of rotatable bonds is 4. The van der Waals surface area contributed by atoms with E-state index in [1.54, 1.807) is 6.07 Å². The summed E-state index contributed by atoms with van der Waals surface area (Å²) in [6.07, 6.45) is 1.38. The summed E-state index contributed by atoms with van der Waals surface area (Å²) < 4.78 is 7.20. The standard InChI is InChI=1S/C15H21N5O2/c16-6-8-20-11-4-1-5-12(22-15(17)21)13(11)19-14(20)10-3-2-7-18-9-10/h1,4-5,10,18H,2-3,6-9,16H2,(H2,17,21). The summed E-state index contributed by atoms with van der Waals surface area (Å²) in [6.45, 7) is 3.16. The maximum absolute atomic E-state index is 11.1. The number of amides is 1. The summed E-state index contributed by atoms with van der Waals surface area (Å²) in [5.41, 5.74) is 12.5. The van der Waals surface area contributed by atoms with Crippen molar-refractivity contribution in [1.82, 2.24) is 14.9 Å². The van der Waals surface area contributed by atoms with Gasteiger partial charge in [-0.2, -0.15) is 0 Å². The third-order valence-electron chi connectivity index (χ3n) is 4.00. The quantitative estimate of drug-likeness (QED) is 0.778. The Labute approximate surface area is 128 Å². The Balaban J connectivity index is 2.09. The lowest BCUT2D eigenvalue weighted by Crippen LogP contribution is -2.30. The number of nitrogens with one attached hydrogen (secondary N) is 1. The van der Waals surface area contributed by atoms with Crippen molar-refractivity contribution in [3.05, 3.63) is 24.0 Å². The molecule has 1 aromatic heterocycles. The summed E-state index contributed by atoms with van der Waals surface area (Å²) in [5.74, 6) is 1.73. The number of carbonyl (C=O) groups is 1. The van der Waals surface area contributed by atoms with Crippen molar-refractivity contribution in [3.63, 3.8) is 0 Å².